The van der Waals surface area contributed by atoms with Crippen molar-refractivity contribution in [1.29, 1.82) is 0 Å². The minimum absolute atomic E-state index is 0.635. The molecule has 0 aliphatic rings. The molecule has 0 fully saturated rings. The van der Waals surface area contributed by atoms with E-state index in [1.54, 1.807) is 12.7 Å². The smallest absolute Gasteiger partial charge is 0.137 e. The van der Waals surface area contributed by atoms with Crippen LogP contribution in [-0.2, 0) is 6.54 Å². The molecule has 4 aromatic rings. The molecule has 0 radical (unpaired) electrons. The van der Waals surface area contributed by atoms with Crippen molar-refractivity contribution >= 4 is 0 Å². The zero-order chi connectivity index (χ0) is 16.4. The lowest BCUT2D eigenvalue weighted by atomic mass is 10.1. The number of nitrogens with zero attached hydrogens (tertiary/aromatic N) is 5. The molecular formula is C19H17N5. The third-order valence-corrected chi connectivity index (χ3v) is 3.93. The summed E-state index contributed by atoms with van der Waals surface area (Å²) in [4.78, 5) is 4.02. The molecule has 2 aromatic heterocycles. The van der Waals surface area contributed by atoms with E-state index in [1.807, 2.05) is 39.7 Å². The van der Waals surface area contributed by atoms with Crippen LogP contribution in [-0.4, -0.2) is 24.5 Å². The molecule has 2 heterocycles. The largest absolute Gasteiger partial charge is 0.248 e. The summed E-state index contributed by atoms with van der Waals surface area (Å²) < 4.78 is 3.73. The lowest BCUT2D eigenvalue weighted by Crippen LogP contribution is -2.00. The average molecular weight is 315 g/mol. The van der Waals surface area contributed by atoms with Gasteiger partial charge < -0.3 is 0 Å². The number of rotatable bonds is 4. The molecule has 0 N–H and O–H groups in total. The molecule has 0 saturated carbocycles. The van der Waals surface area contributed by atoms with E-state index in [4.69, 9.17) is 5.10 Å². The van der Waals surface area contributed by atoms with Crippen LogP contribution in [0.4, 0.5) is 0 Å². The van der Waals surface area contributed by atoms with E-state index in [1.165, 1.54) is 5.56 Å². The fraction of sp³-hybridized carbons (Fsp3) is 0.105. The maximum atomic E-state index is 4.82. The van der Waals surface area contributed by atoms with Crippen LogP contribution in [0.25, 0.3) is 16.9 Å². The molecule has 24 heavy (non-hydrogen) atoms. The number of aromatic nitrogens is 5. The molecule has 0 spiro atoms. The Bertz CT molecular complexity index is 922. The first-order valence-electron chi connectivity index (χ1n) is 7.83. The predicted octanol–water partition coefficient (Wildman–Crippen LogP) is 3.49. The van der Waals surface area contributed by atoms with E-state index >= 15 is 0 Å². The maximum absolute atomic E-state index is 4.82. The highest BCUT2D eigenvalue weighted by molar-refractivity contribution is 5.63. The number of aryl methyl sites for hydroxylation is 1. The molecule has 4 rings (SSSR count). The summed E-state index contributed by atoms with van der Waals surface area (Å²) in [6.45, 7) is 2.72. The van der Waals surface area contributed by atoms with Gasteiger partial charge in [-0.3, -0.25) is 0 Å². The quantitative estimate of drug-likeness (QED) is 0.579. The van der Waals surface area contributed by atoms with E-state index in [0.29, 0.717) is 6.54 Å². The van der Waals surface area contributed by atoms with Crippen LogP contribution in [0, 0.1) is 6.92 Å². The van der Waals surface area contributed by atoms with Crippen LogP contribution >= 0.6 is 0 Å². The highest BCUT2D eigenvalue weighted by Gasteiger charge is 2.13. The first-order valence-corrected chi connectivity index (χ1v) is 7.83. The molecular weight excluding hydrogens is 298 g/mol. The van der Waals surface area contributed by atoms with Crippen LogP contribution in [0.2, 0.25) is 0 Å². The molecule has 2 aromatic carbocycles. The first-order chi connectivity index (χ1) is 11.8. The average Bonchev–Trinajstić information content (AvgIpc) is 3.27. The summed E-state index contributed by atoms with van der Waals surface area (Å²) in [6.07, 6.45) is 5.33. The molecule has 0 atom stereocenters. The van der Waals surface area contributed by atoms with Crippen LogP contribution in [0.15, 0.2) is 73.4 Å². The molecule has 0 aliphatic carbocycles. The van der Waals surface area contributed by atoms with Crippen LogP contribution in [0.3, 0.4) is 0 Å². The van der Waals surface area contributed by atoms with Gasteiger partial charge >= 0.3 is 0 Å². The standard InChI is InChI=1S/C19H17N5/c1-15-7-9-16(10-8-15)19-17(11-23-14-20-13-21-23)12-24(22-19)18-5-3-2-4-6-18/h2-10,12-14H,11H2,1H3. The number of hydrogen-bond acceptors (Lipinski definition) is 3. The summed E-state index contributed by atoms with van der Waals surface area (Å²) in [6, 6.07) is 18.6. The molecule has 5 heteroatoms. The third kappa shape index (κ3) is 2.84. The van der Waals surface area contributed by atoms with E-state index in [0.717, 1.165) is 22.5 Å². The van der Waals surface area contributed by atoms with Crippen molar-refractivity contribution < 1.29 is 0 Å². The van der Waals surface area contributed by atoms with Crippen molar-refractivity contribution in [3.63, 3.8) is 0 Å². The fourth-order valence-electron chi connectivity index (χ4n) is 2.68. The molecule has 5 nitrogen and oxygen atoms in total. The zero-order valence-electron chi connectivity index (χ0n) is 13.4. The van der Waals surface area contributed by atoms with Gasteiger partial charge in [-0.05, 0) is 19.1 Å². The Morgan fingerprint density at radius 1 is 0.958 bits per heavy atom. The van der Waals surface area contributed by atoms with E-state index in [-0.39, 0.29) is 0 Å². The number of hydrogen-bond donors (Lipinski definition) is 0. The van der Waals surface area contributed by atoms with E-state index in [2.05, 4.69) is 47.5 Å². The monoisotopic (exact) mass is 315 g/mol. The molecule has 0 saturated heterocycles. The van der Waals surface area contributed by atoms with Gasteiger partial charge in [0.1, 0.15) is 12.7 Å². The Morgan fingerprint density at radius 3 is 2.46 bits per heavy atom. The SMILES string of the molecule is Cc1ccc(-c2nn(-c3ccccc3)cc2Cn2cncn2)cc1. The summed E-state index contributed by atoms with van der Waals surface area (Å²) in [5.74, 6) is 0. The van der Waals surface area contributed by atoms with Gasteiger partial charge in [0, 0.05) is 17.3 Å². The fourth-order valence-corrected chi connectivity index (χ4v) is 2.68. The van der Waals surface area contributed by atoms with Gasteiger partial charge in [0.15, 0.2) is 0 Å². The Hall–Kier alpha value is -3.21. The second-order valence-corrected chi connectivity index (χ2v) is 5.74. The van der Waals surface area contributed by atoms with Gasteiger partial charge in [-0.15, -0.1) is 0 Å². The number of para-hydroxylation sites is 1. The van der Waals surface area contributed by atoms with Crippen molar-refractivity contribution in [3.8, 4) is 16.9 Å². The summed E-state index contributed by atoms with van der Waals surface area (Å²) in [7, 11) is 0. The van der Waals surface area contributed by atoms with Crippen molar-refractivity contribution in [2.75, 3.05) is 0 Å². The second-order valence-electron chi connectivity index (χ2n) is 5.74. The third-order valence-electron chi connectivity index (χ3n) is 3.93. The Labute approximate surface area is 140 Å². The summed E-state index contributed by atoms with van der Waals surface area (Å²) in [5.41, 5.74) is 5.45. The summed E-state index contributed by atoms with van der Waals surface area (Å²) >= 11 is 0. The topological polar surface area (TPSA) is 48.5 Å². The van der Waals surface area contributed by atoms with Gasteiger partial charge in [-0.1, -0.05) is 48.0 Å². The van der Waals surface area contributed by atoms with E-state index in [9.17, 15) is 0 Å². The maximum Gasteiger partial charge on any atom is 0.137 e. The lowest BCUT2D eigenvalue weighted by molar-refractivity contribution is 0.685. The number of benzene rings is 2. The summed E-state index contributed by atoms with van der Waals surface area (Å²) in [5, 5.41) is 9.03. The Balaban J connectivity index is 1.80. The highest BCUT2D eigenvalue weighted by Crippen LogP contribution is 2.24. The molecule has 0 bridgehead atoms. The lowest BCUT2D eigenvalue weighted by Gasteiger charge is -2.03. The molecule has 0 aliphatic heterocycles. The Kier molecular flexibility index (Phi) is 3.67. The normalized spacial score (nSPS) is 10.9. The van der Waals surface area contributed by atoms with Crippen LogP contribution < -0.4 is 0 Å². The minimum atomic E-state index is 0.635. The van der Waals surface area contributed by atoms with Crippen molar-refractivity contribution in [2.24, 2.45) is 0 Å². The zero-order valence-corrected chi connectivity index (χ0v) is 13.4. The molecule has 0 amide bonds. The van der Waals surface area contributed by atoms with Crippen LogP contribution in [0.5, 0.6) is 0 Å². The molecule has 0 unspecified atom stereocenters. The van der Waals surface area contributed by atoms with E-state index < -0.39 is 0 Å². The second kappa shape index (κ2) is 6.12. The van der Waals surface area contributed by atoms with Crippen molar-refractivity contribution in [2.45, 2.75) is 13.5 Å². The van der Waals surface area contributed by atoms with Gasteiger partial charge in [0.25, 0.3) is 0 Å². The predicted molar refractivity (Wildman–Crippen MR) is 92.9 cm³/mol. The minimum Gasteiger partial charge on any atom is -0.248 e. The van der Waals surface area contributed by atoms with Gasteiger partial charge in [0.05, 0.1) is 17.9 Å². The van der Waals surface area contributed by atoms with Gasteiger partial charge in [-0.2, -0.15) is 10.2 Å². The Morgan fingerprint density at radius 2 is 1.75 bits per heavy atom. The highest BCUT2D eigenvalue weighted by atomic mass is 15.3. The van der Waals surface area contributed by atoms with Crippen molar-refractivity contribution in [1.82, 2.24) is 24.5 Å². The molecule has 118 valence electrons. The van der Waals surface area contributed by atoms with Crippen LogP contribution in [0.1, 0.15) is 11.1 Å². The van der Waals surface area contributed by atoms with Crippen molar-refractivity contribution in [3.05, 3.63) is 84.6 Å². The van der Waals surface area contributed by atoms with Gasteiger partial charge in [-0.25, -0.2) is 14.3 Å². The first kappa shape index (κ1) is 14.4. The van der Waals surface area contributed by atoms with Gasteiger partial charge in [0.2, 0.25) is 0 Å².